The number of likely N-dealkylation sites (tertiary alicyclic amines) is 1. The van der Waals surface area contributed by atoms with Crippen LogP contribution >= 0.6 is 11.3 Å². The number of benzene rings is 1. The lowest BCUT2D eigenvalue weighted by Gasteiger charge is -2.39. The number of aromatic nitrogens is 1. The van der Waals surface area contributed by atoms with Crippen LogP contribution in [-0.4, -0.2) is 28.0 Å². The van der Waals surface area contributed by atoms with Crippen molar-refractivity contribution >= 4 is 28.1 Å². The van der Waals surface area contributed by atoms with Crippen molar-refractivity contribution in [3.63, 3.8) is 0 Å². The molecule has 4 heteroatoms. The summed E-state index contributed by atoms with van der Waals surface area (Å²) >= 11 is 1.77. The maximum absolute atomic E-state index is 13.7. The normalized spacial score (nSPS) is 26.3. The number of aryl methyl sites for hydroxylation is 1. The van der Waals surface area contributed by atoms with Gasteiger partial charge in [-0.3, -0.25) is 4.79 Å². The van der Waals surface area contributed by atoms with E-state index in [1.807, 2.05) is 0 Å². The summed E-state index contributed by atoms with van der Waals surface area (Å²) in [6, 6.07) is 13.3. The molecular formula is C26H32N2OS. The van der Waals surface area contributed by atoms with Crippen LogP contribution in [0, 0.1) is 10.8 Å². The molecule has 1 aromatic carbocycles. The minimum Gasteiger partial charge on any atom is -0.350 e. The third-order valence-electron chi connectivity index (χ3n) is 7.30. The molecule has 3 unspecified atom stereocenters. The van der Waals surface area contributed by atoms with Gasteiger partial charge in [0.15, 0.2) is 0 Å². The second kappa shape index (κ2) is 6.98. The molecule has 1 amide bonds. The summed E-state index contributed by atoms with van der Waals surface area (Å²) in [6.45, 7) is 8.05. The second-order valence-electron chi connectivity index (χ2n) is 10.7. The van der Waals surface area contributed by atoms with Crippen LogP contribution in [0.1, 0.15) is 62.8 Å². The molecule has 2 fully saturated rings. The van der Waals surface area contributed by atoms with Crippen molar-refractivity contribution in [2.45, 2.75) is 58.4 Å². The van der Waals surface area contributed by atoms with Crippen molar-refractivity contribution in [1.29, 1.82) is 0 Å². The molecule has 1 saturated heterocycles. The van der Waals surface area contributed by atoms with Crippen LogP contribution in [0.2, 0.25) is 0 Å². The number of amides is 1. The average molecular weight is 421 g/mol. The molecule has 0 N–H and O–H groups in total. The molecule has 3 atom stereocenters. The number of carbonyl (C=O) groups is 1. The van der Waals surface area contributed by atoms with E-state index in [0.29, 0.717) is 23.8 Å². The monoisotopic (exact) mass is 420 g/mol. The molecule has 2 aromatic heterocycles. The van der Waals surface area contributed by atoms with Gasteiger partial charge in [-0.05, 0) is 53.2 Å². The fourth-order valence-electron chi connectivity index (χ4n) is 6.55. The Morgan fingerprint density at radius 3 is 2.73 bits per heavy atom. The highest BCUT2D eigenvalue weighted by molar-refractivity contribution is 7.10. The first-order chi connectivity index (χ1) is 14.2. The lowest BCUT2D eigenvalue weighted by molar-refractivity contribution is -0.132. The number of hydrogen-bond donors (Lipinski definition) is 0. The first kappa shape index (κ1) is 19.9. The van der Waals surface area contributed by atoms with Crippen LogP contribution in [0.25, 0.3) is 10.9 Å². The van der Waals surface area contributed by atoms with E-state index in [0.717, 1.165) is 13.0 Å². The predicted molar refractivity (Wildman–Crippen MR) is 125 cm³/mol. The summed E-state index contributed by atoms with van der Waals surface area (Å²) < 4.78 is 2.20. The Labute approximate surface area is 183 Å². The van der Waals surface area contributed by atoms with E-state index < -0.39 is 0 Å². The van der Waals surface area contributed by atoms with Crippen molar-refractivity contribution in [2.24, 2.45) is 17.9 Å². The standard InChI is InChI=1S/C26H32N2OS/c1-25(2)13-18-14-26(3,16-25)17-28(18)24(29)12-20(23-10-7-11-30-23)21-15-27(4)22-9-6-5-8-19(21)22/h5-11,15,18,20H,12-14,16-17H2,1-4H3. The Morgan fingerprint density at radius 2 is 1.97 bits per heavy atom. The number of fused-ring (bicyclic) bond motifs is 3. The highest BCUT2D eigenvalue weighted by Gasteiger charge is 2.51. The van der Waals surface area contributed by atoms with Gasteiger partial charge in [0.1, 0.15) is 0 Å². The molecule has 1 aliphatic carbocycles. The van der Waals surface area contributed by atoms with Crippen LogP contribution in [0.5, 0.6) is 0 Å². The van der Waals surface area contributed by atoms with Crippen LogP contribution in [0.4, 0.5) is 0 Å². The quantitative estimate of drug-likeness (QED) is 0.494. The van der Waals surface area contributed by atoms with Crippen LogP contribution in [0.15, 0.2) is 48.0 Å². The van der Waals surface area contributed by atoms with Crippen molar-refractivity contribution in [3.8, 4) is 0 Å². The van der Waals surface area contributed by atoms with Crippen molar-refractivity contribution in [2.75, 3.05) is 6.54 Å². The zero-order valence-electron chi connectivity index (χ0n) is 18.5. The van der Waals surface area contributed by atoms with Gasteiger partial charge in [-0.25, -0.2) is 0 Å². The van der Waals surface area contributed by atoms with Gasteiger partial charge in [0.05, 0.1) is 0 Å². The van der Waals surface area contributed by atoms with Crippen LogP contribution in [-0.2, 0) is 11.8 Å². The molecule has 3 aromatic rings. The maximum Gasteiger partial charge on any atom is 0.223 e. The molecule has 158 valence electrons. The summed E-state index contributed by atoms with van der Waals surface area (Å²) in [5, 5.41) is 3.39. The fourth-order valence-corrected chi connectivity index (χ4v) is 7.39. The minimum absolute atomic E-state index is 0.116. The van der Waals surface area contributed by atoms with Gasteiger partial charge in [-0.2, -0.15) is 0 Å². The van der Waals surface area contributed by atoms with Crippen molar-refractivity contribution < 1.29 is 4.79 Å². The smallest absolute Gasteiger partial charge is 0.223 e. The largest absolute Gasteiger partial charge is 0.350 e. The van der Waals surface area contributed by atoms with Crippen molar-refractivity contribution in [3.05, 3.63) is 58.4 Å². The Bertz CT molecular complexity index is 1080. The van der Waals surface area contributed by atoms with E-state index in [1.165, 1.54) is 34.2 Å². The highest BCUT2D eigenvalue weighted by atomic mass is 32.1. The van der Waals surface area contributed by atoms with Crippen LogP contribution in [0.3, 0.4) is 0 Å². The number of nitrogens with zero attached hydrogens (tertiary/aromatic N) is 2. The Kier molecular flexibility index (Phi) is 4.62. The Hall–Kier alpha value is -2.07. The van der Waals surface area contributed by atoms with E-state index in [1.54, 1.807) is 11.3 Å². The van der Waals surface area contributed by atoms with E-state index >= 15 is 0 Å². The third kappa shape index (κ3) is 3.39. The van der Waals surface area contributed by atoms with E-state index in [2.05, 4.69) is 85.3 Å². The van der Waals surface area contributed by atoms with E-state index in [4.69, 9.17) is 0 Å². The molecular weight excluding hydrogens is 388 g/mol. The molecule has 3 nitrogen and oxygen atoms in total. The third-order valence-corrected chi connectivity index (χ3v) is 8.29. The molecule has 1 aliphatic heterocycles. The van der Waals surface area contributed by atoms with E-state index in [-0.39, 0.29) is 11.3 Å². The Balaban J connectivity index is 1.48. The first-order valence-electron chi connectivity index (χ1n) is 11.1. The van der Waals surface area contributed by atoms with Gasteiger partial charge in [-0.15, -0.1) is 11.3 Å². The predicted octanol–water partition coefficient (Wildman–Crippen LogP) is 6.19. The van der Waals surface area contributed by atoms with Gasteiger partial charge >= 0.3 is 0 Å². The number of hydrogen-bond acceptors (Lipinski definition) is 2. The summed E-state index contributed by atoms with van der Waals surface area (Å²) in [4.78, 5) is 17.2. The number of thiophene rings is 1. The molecule has 2 aliphatic rings. The SMILES string of the molecule is Cn1cc(C(CC(=O)N2CC3(C)CC2CC(C)(C)C3)c2cccs2)c2ccccc21. The molecule has 5 rings (SSSR count). The number of carbonyl (C=O) groups excluding carboxylic acids is 1. The molecule has 30 heavy (non-hydrogen) atoms. The molecule has 0 spiro atoms. The lowest BCUT2D eigenvalue weighted by atomic mass is 9.65. The molecule has 3 heterocycles. The van der Waals surface area contributed by atoms with Gasteiger partial charge in [0, 0.05) is 53.9 Å². The fraction of sp³-hybridized carbons (Fsp3) is 0.500. The average Bonchev–Trinajstić information content (AvgIpc) is 3.37. The minimum atomic E-state index is 0.116. The zero-order chi connectivity index (χ0) is 21.1. The maximum atomic E-state index is 13.7. The van der Waals surface area contributed by atoms with Crippen molar-refractivity contribution in [1.82, 2.24) is 9.47 Å². The van der Waals surface area contributed by atoms with E-state index in [9.17, 15) is 4.79 Å². The van der Waals surface area contributed by atoms with Gasteiger partial charge in [0.25, 0.3) is 0 Å². The van der Waals surface area contributed by atoms with Gasteiger partial charge in [0.2, 0.25) is 5.91 Å². The second-order valence-corrected chi connectivity index (χ2v) is 11.7. The zero-order valence-corrected chi connectivity index (χ0v) is 19.3. The molecule has 1 saturated carbocycles. The molecule has 2 bridgehead atoms. The number of para-hydroxylation sites is 1. The Morgan fingerprint density at radius 1 is 1.17 bits per heavy atom. The number of rotatable bonds is 4. The summed E-state index contributed by atoms with van der Waals surface area (Å²) in [6.07, 6.45) is 6.31. The topological polar surface area (TPSA) is 25.2 Å². The lowest BCUT2D eigenvalue weighted by Crippen LogP contribution is -2.38. The summed E-state index contributed by atoms with van der Waals surface area (Å²) in [5.41, 5.74) is 3.11. The highest BCUT2D eigenvalue weighted by Crippen LogP contribution is 2.53. The van der Waals surface area contributed by atoms with Gasteiger partial charge < -0.3 is 9.47 Å². The first-order valence-corrected chi connectivity index (χ1v) is 12.0. The molecule has 0 radical (unpaired) electrons. The van der Waals surface area contributed by atoms with Gasteiger partial charge in [-0.1, -0.05) is 45.0 Å². The summed E-state index contributed by atoms with van der Waals surface area (Å²) in [7, 11) is 2.10. The summed E-state index contributed by atoms with van der Waals surface area (Å²) in [5.74, 6) is 0.442. The van der Waals surface area contributed by atoms with Crippen LogP contribution < -0.4 is 0 Å².